The summed E-state index contributed by atoms with van der Waals surface area (Å²) in [7, 11) is 0. The summed E-state index contributed by atoms with van der Waals surface area (Å²) in [6.07, 6.45) is 0. The number of fused-ring (bicyclic) bond motifs is 1. The summed E-state index contributed by atoms with van der Waals surface area (Å²) < 4.78 is 11.4. The number of nitrogens with zero attached hydrogens (tertiary/aromatic N) is 2. The molecule has 2 aromatic rings. The first-order chi connectivity index (χ1) is 12.1. The Morgan fingerprint density at radius 1 is 1.32 bits per heavy atom. The van der Waals surface area contributed by atoms with E-state index >= 15 is 0 Å². The standard InChI is InChI=1S/C16H20N4O3S2/c1-10(2)6-18-15-19-20-16(25-15)24-8-14(21)17-7-11-3-4-12-13(5-11)23-9-22-12/h3-5,10H,6-9H2,1-2H3,(H,17,21)(H,18,19). The average Bonchev–Trinajstić information content (AvgIpc) is 3.24. The van der Waals surface area contributed by atoms with Gasteiger partial charge >= 0.3 is 0 Å². The Kier molecular flexibility index (Phi) is 5.98. The lowest BCUT2D eigenvalue weighted by Crippen LogP contribution is -2.24. The molecule has 1 aromatic heterocycles. The van der Waals surface area contributed by atoms with Gasteiger partial charge in [0.15, 0.2) is 15.8 Å². The van der Waals surface area contributed by atoms with Crippen molar-refractivity contribution in [3.05, 3.63) is 23.8 Å². The van der Waals surface area contributed by atoms with Gasteiger partial charge in [-0.05, 0) is 23.6 Å². The molecule has 0 fully saturated rings. The van der Waals surface area contributed by atoms with Crippen LogP contribution < -0.4 is 20.1 Å². The van der Waals surface area contributed by atoms with E-state index in [-0.39, 0.29) is 12.7 Å². The van der Waals surface area contributed by atoms with E-state index in [0.29, 0.717) is 18.2 Å². The number of hydrogen-bond acceptors (Lipinski definition) is 8. The minimum atomic E-state index is -0.0467. The average molecular weight is 380 g/mol. The summed E-state index contributed by atoms with van der Waals surface area (Å²) in [5, 5.41) is 15.1. The topological polar surface area (TPSA) is 85.4 Å². The van der Waals surface area contributed by atoms with Gasteiger partial charge in [0.25, 0.3) is 0 Å². The normalized spacial score (nSPS) is 12.4. The first-order valence-corrected chi connectivity index (χ1v) is 9.76. The quantitative estimate of drug-likeness (QED) is 0.681. The maximum Gasteiger partial charge on any atom is 0.231 e. The maximum atomic E-state index is 12.0. The molecule has 0 radical (unpaired) electrons. The van der Waals surface area contributed by atoms with Crippen LogP contribution in [0.3, 0.4) is 0 Å². The minimum Gasteiger partial charge on any atom is -0.454 e. The first-order valence-electron chi connectivity index (χ1n) is 7.95. The molecule has 0 bridgehead atoms. The van der Waals surface area contributed by atoms with E-state index in [9.17, 15) is 4.79 Å². The number of rotatable bonds is 8. The van der Waals surface area contributed by atoms with Crippen LogP contribution in [0.15, 0.2) is 22.5 Å². The Bertz CT molecular complexity index is 736. The van der Waals surface area contributed by atoms with Crippen molar-refractivity contribution < 1.29 is 14.3 Å². The third-order valence-electron chi connectivity index (χ3n) is 3.32. The van der Waals surface area contributed by atoms with Crippen LogP contribution in [-0.2, 0) is 11.3 Å². The fourth-order valence-corrected chi connectivity index (χ4v) is 3.65. The molecule has 0 spiro atoms. The number of hydrogen-bond donors (Lipinski definition) is 2. The third-order valence-corrected chi connectivity index (χ3v) is 5.34. The van der Waals surface area contributed by atoms with Crippen LogP contribution in [0.2, 0.25) is 0 Å². The fourth-order valence-electron chi connectivity index (χ4n) is 2.06. The smallest absolute Gasteiger partial charge is 0.231 e. The molecular weight excluding hydrogens is 360 g/mol. The van der Waals surface area contributed by atoms with Crippen LogP contribution in [0.1, 0.15) is 19.4 Å². The summed E-state index contributed by atoms with van der Waals surface area (Å²) in [6.45, 7) is 5.82. The van der Waals surface area contributed by atoms with Crippen molar-refractivity contribution in [2.45, 2.75) is 24.7 Å². The molecule has 134 valence electrons. The van der Waals surface area contributed by atoms with Crippen molar-refractivity contribution in [3.8, 4) is 11.5 Å². The Hall–Kier alpha value is -2.00. The predicted octanol–water partition coefficient (Wildman–Crippen LogP) is 2.74. The summed E-state index contributed by atoms with van der Waals surface area (Å²) in [5.41, 5.74) is 0.971. The van der Waals surface area contributed by atoms with Gasteiger partial charge in [-0.1, -0.05) is 43.0 Å². The van der Waals surface area contributed by atoms with Gasteiger partial charge in [0.05, 0.1) is 5.75 Å². The van der Waals surface area contributed by atoms with Gasteiger partial charge in [0, 0.05) is 13.1 Å². The van der Waals surface area contributed by atoms with Crippen LogP contribution in [0.4, 0.5) is 5.13 Å². The van der Waals surface area contributed by atoms with E-state index < -0.39 is 0 Å². The maximum absolute atomic E-state index is 12.0. The van der Waals surface area contributed by atoms with Crippen LogP contribution in [0.25, 0.3) is 0 Å². The molecule has 25 heavy (non-hydrogen) atoms. The molecule has 1 aliphatic heterocycles. The van der Waals surface area contributed by atoms with E-state index in [1.54, 1.807) is 0 Å². The zero-order chi connectivity index (χ0) is 17.6. The molecule has 3 rings (SSSR count). The number of nitrogens with one attached hydrogen (secondary N) is 2. The number of ether oxygens (including phenoxy) is 2. The zero-order valence-electron chi connectivity index (χ0n) is 14.1. The van der Waals surface area contributed by atoms with E-state index in [0.717, 1.165) is 33.1 Å². The summed E-state index contributed by atoms with van der Waals surface area (Å²) >= 11 is 2.85. The van der Waals surface area contributed by atoms with Crippen molar-refractivity contribution in [1.29, 1.82) is 0 Å². The Morgan fingerprint density at radius 3 is 3.00 bits per heavy atom. The summed E-state index contributed by atoms with van der Waals surface area (Å²) in [4.78, 5) is 12.0. The Morgan fingerprint density at radius 2 is 2.16 bits per heavy atom. The molecule has 0 aliphatic carbocycles. The second-order valence-electron chi connectivity index (χ2n) is 5.90. The molecule has 0 atom stereocenters. The van der Waals surface area contributed by atoms with Gasteiger partial charge in [0.1, 0.15) is 0 Å². The molecular formula is C16H20N4O3S2. The number of anilines is 1. The molecule has 1 amide bonds. The van der Waals surface area contributed by atoms with Gasteiger partial charge in [0.2, 0.25) is 17.8 Å². The monoisotopic (exact) mass is 380 g/mol. The number of carbonyl (C=O) groups is 1. The molecule has 2 heterocycles. The van der Waals surface area contributed by atoms with Crippen LogP contribution in [0.5, 0.6) is 11.5 Å². The molecule has 2 N–H and O–H groups in total. The predicted molar refractivity (Wildman–Crippen MR) is 98.4 cm³/mol. The minimum absolute atomic E-state index is 0.0467. The van der Waals surface area contributed by atoms with Gasteiger partial charge in [-0.2, -0.15) is 0 Å². The second-order valence-corrected chi connectivity index (χ2v) is 8.10. The van der Waals surface area contributed by atoms with Gasteiger partial charge in [-0.15, -0.1) is 10.2 Å². The third kappa shape index (κ3) is 5.23. The number of carbonyl (C=O) groups excluding carboxylic acids is 1. The zero-order valence-corrected chi connectivity index (χ0v) is 15.7. The van der Waals surface area contributed by atoms with Crippen molar-refractivity contribution in [2.24, 2.45) is 5.92 Å². The fraction of sp³-hybridized carbons (Fsp3) is 0.438. The van der Waals surface area contributed by atoms with Crippen LogP contribution in [-0.4, -0.2) is 35.2 Å². The lowest BCUT2D eigenvalue weighted by molar-refractivity contribution is -0.118. The lowest BCUT2D eigenvalue weighted by Gasteiger charge is -2.05. The number of amides is 1. The Balaban J connectivity index is 1.41. The van der Waals surface area contributed by atoms with Crippen molar-refractivity contribution in [2.75, 3.05) is 24.4 Å². The van der Waals surface area contributed by atoms with Gasteiger partial charge < -0.3 is 20.1 Å². The Labute approximate surface area is 154 Å². The van der Waals surface area contributed by atoms with Gasteiger partial charge in [-0.25, -0.2) is 0 Å². The van der Waals surface area contributed by atoms with E-state index in [2.05, 4.69) is 34.7 Å². The van der Waals surface area contributed by atoms with Crippen molar-refractivity contribution in [3.63, 3.8) is 0 Å². The largest absolute Gasteiger partial charge is 0.454 e. The molecule has 0 unspecified atom stereocenters. The first kappa shape index (κ1) is 17.8. The van der Waals surface area contributed by atoms with E-state index in [1.807, 2.05) is 18.2 Å². The van der Waals surface area contributed by atoms with Gasteiger partial charge in [-0.3, -0.25) is 4.79 Å². The SMILES string of the molecule is CC(C)CNc1nnc(SCC(=O)NCc2ccc3c(c2)OCO3)s1. The van der Waals surface area contributed by atoms with E-state index in [4.69, 9.17) is 9.47 Å². The molecule has 9 heteroatoms. The number of benzene rings is 1. The molecule has 1 aliphatic rings. The molecule has 1 aromatic carbocycles. The van der Waals surface area contributed by atoms with Crippen molar-refractivity contribution in [1.82, 2.24) is 15.5 Å². The molecule has 0 saturated heterocycles. The second kappa shape index (κ2) is 8.39. The number of aromatic nitrogens is 2. The number of thioether (sulfide) groups is 1. The molecule has 0 saturated carbocycles. The van der Waals surface area contributed by atoms with Crippen LogP contribution >= 0.6 is 23.1 Å². The summed E-state index contributed by atoms with van der Waals surface area (Å²) in [5.74, 6) is 2.26. The highest BCUT2D eigenvalue weighted by Crippen LogP contribution is 2.32. The highest BCUT2D eigenvalue weighted by atomic mass is 32.2. The summed E-state index contributed by atoms with van der Waals surface area (Å²) in [6, 6.07) is 5.65. The highest BCUT2D eigenvalue weighted by Gasteiger charge is 2.13. The van der Waals surface area contributed by atoms with Crippen LogP contribution in [0, 0.1) is 5.92 Å². The lowest BCUT2D eigenvalue weighted by atomic mass is 10.2. The van der Waals surface area contributed by atoms with Crippen molar-refractivity contribution >= 4 is 34.1 Å². The molecule has 7 nitrogen and oxygen atoms in total. The van der Waals surface area contributed by atoms with E-state index in [1.165, 1.54) is 23.1 Å². The highest BCUT2D eigenvalue weighted by molar-refractivity contribution is 8.01.